The number of aliphatic hydroxyl groups is 1. The minimum Gasteiger partial charge on any atom is -0.457 e. The lowest BCUT2D eigenvalue weighted by atomic mass is 9.82. The Kier molecular flexibility index (Phi) is 5.46. The van der Waals surface area contributed by atoms with Gasteiger partial charge in [0.15, 0.2) is 0 Å². The van der Waals surface area contributed by atoms with Crippen molar-refractivity contribution in [1.82, 2.24) is 5.32 Å². The van der Waals surface area contributed by atoms with Crippen molar-refractivity contribution in [3.05, 3.63) is 58.6 Å². The molecule has 0 saturated carbocycles. The molecule has 1 aliphatic rings. The number of nitrogens with one attached hydrogen (secondary N) is 1. The van der Waals surface area contributed by atoms with Gasteiger partial charge in [0, 0.05) is 34.5 Å². The summed E-state index contributed by atoms with van der Waals surface area (Å²) in [6.45, 7) is 2.27. The number of rotatable bonds is 4. The maximum Gasteiger partial charge on any atom is 0.407 e. The normalized spacial score (nSPS) is 18.4. The van der Waals surface area contributed by atoms with Crippen LogP contribution in [0.4, 0.5) is 4.79 Å². The van der Waals surface area contributed by atoms with Crippen molar-refractivity contribution in [1.29, 1.82) is 0 Å². The van der Waals surface area contributed by atoms with Crippen molar-refractivity contribution < 1.29 is 19.4 Å². The summed E-state index contributed by atoms with van der Waals surface area (Å²) in [5.74, 6) is 0.928. The number of aliphatic hydroxyl groups excluding tert-OH is 1. The lowest BCUT2D eigenvalue weighted by Crippen LogP contribution is -2.32. The van der Waals surface area contributed by atoms with E-state index in [2.05, 4.69) is 5.32 Å². The van der Waals surface area contributed by atoms with Crippen LogP contribution in [0.15, 0.2) is 42.5 Å². The van der Waals surface area contributed by atoms with E-state index in [9.17, 15) is 9.90 Å². The molecule has 1 aliphatic heterocycles. The number of hydrogen-bond donors (Lipinski definition) is 2. The molecular weight excluding hydrogens is 342 g/mol. The maximum atomic E-state index is 11.7. The molecule has 0 aliphatic carbocycles. The van der Waals surface area contributed by atoms with Gasteiger partial charge >= 0.3 is 6.09 Å². The van der Waals surface area contributed by atoms with Crippen LogP contribution in [0.2, 0.25) is 5.02 Å². The highest BCUT2D eigenvalue weighted by atomic mass is 35.5. The Morgan fingerprint density at radius 3 is 2.72 bits per heavy atom. The summed E-state index contributed by atoms with van der Waals surface area (Å²) in [6.07, 6.45) is -0.485. The van der Waals surface area contributed by atoms with Gasteiger partial charge in [-0.05, 0) is 31.2 Å². The molecule has 1 heterocycles. The van der Waals surface area contributed by atoms with E-state index in [0.29, 0.717) is 29.7 Å². The number of alkyl carbamates (subject to hydrolysis) is 1. The van der Waals surface area contributed by atoms with Crippen LogP contribution in [-0.4, -0.2) is 31.0 Å². The fraction of sp³-hybridized carbons (Fsp3) is 0.316. The molecule has 6 heteroatoms. The molecule has 2 aromatic carbocycles. The first kappa shape index (κ1) is 17.6. The zero-order chi connectivity index (χ0) is 17.8. The van der Waals surface area contributed by atoms with Gasteiger partial charge in [0.2, 0.25) is 0 Å². The van der Waals surface area contributed by atoms with Crippen molar-refractivity contribution >= 4 is 17.7 Å². The van der Waals surface area contributed by atoms with Crippen LogP contribution in [0.1, 0.15) is 29.9 Å². The summed E-state index contributed by atoms with van der Waals surface area (Å²) < 4.78 is 11.0. The predicted octanol–water partition coefficient (Wildman–Crippen LogP) is 4.05. The minimum absolute atomic E-state index is 0.0818. The Labute approximate surface area is 151 Å². The Hall–Kier alpha value is -2.24. The van der Waals surface area contributed by atoms with Crippen molar-refractivity contribution in [3.8, 4) is 11.5 Å². The van der Waals surface area contributed by atoms with Crippen molar-refractivity contribution in [3.63, 3.8) is 0 Å². The van der Waals surface area contributed by atoms with Gasteiger partial charge in [-0.1, -0.05) is 29.8 Å². The number of benzene rings is 2. The number of carbonyl (C=O) groups excluding carboxylic acids is 1. The number of fused-ring (bicyclic) bond motifs is 2. The molecule has 0 spiro atoms. The largest absolute Gasteiger partial charge is 0.457 e. The lowest BCUT2D eigenvalue weighted by Gasteiger charge is -2.25. The van der Waals surface area contributed by atoms with Crippen LogP contribution in [0.3, 0.4) is 0 Å². The number of hydrogen-bond acceptors (Lipinski definition) is 4. The maximum absolute atomic E-state index is 11.7. The average Bonchev–Trinajstić information content (AvgIpc) is 2.74. The molecule has 0 aromatic heterocycles. The van der Waals surface area contributed by atoms with Gasteiger partial charge in [-0.3, -0.25) is 0 Å². The molecule has 0 fully saturated rings. The summed E-state index contributed by atoms with van der Waals surface area (Å²) in [5, 5.41) is 13.4. The number of ether oxygens (including phenoxy) is 2. The monoisotopic (exact) mass is 361 g/mol. The number of para-hydroxylation sites is 1. The number of carbonyl (C=O) groups is 1. The van der Waals surface area contributed by atoms with Crippen molar-refractivity contribution in [2.45, 2.75) is 18.8 Å². The van der Waals surface area contributed by atoms with Gasteiger partial charge < -0.3 is 19.9 Å². The summed E-state index contributed by atoms with van der Waals surface area (Å²) >= 11 is 6.18. The standard InChI is InChI=1S/C19H20ClNO4/c1-2-24-19(23)21-10-15-14-9-12(20)7-8-18(14)25-17-6-4-3-5-13(17)16(15)11-22/h3-9,15-16,22H,2,10-11H2,1H3,(H,21,23)/t15-,16-/m1/s1. The van der Waals surface area contributed by atoms with E-state index in [-0.39, 0.29) is 18.4 Å². The second kappa shape index (κ2) is 7.76. The molecular formula is C19H20ClNO4. The Balaban J connectivity index is 2.02. The molecule has 3 rings (SSSR count). The fourth-order valence-electron chi connectivity index (χ4n) is 3.19. The summed E-state index contributed by atoms with van der Waals surface area (Å²) in [6, 6.07) is 13.0. The molecule has 5 nitrogen and oxygen atoms in total. The van der Waals surface area contributed by atoms with Gasteiger partial charge in [0.25, 0.3) is 0 Å². The number of halogens is 1. The predicted molar refractivity (Wildman–Crippen MR) is 95.6 cm³/mol. The van der Waals surface area contributed by atoms with E-state index in [0.717, 1.165) is 11.1 Å². The molecule has 132 valence electrons. The molecule has 0 radical (unpaired) electrons. The van der Waals surface area contributed by atoms with E-state index < -0.39 is 6.09 Å². The van der Waals surface area contributed by atoms with Gasteiger partial charge in [-0.2, -0.15) is 0 Å². The second-order valence-electron chi connectivity index (χ2n) is 5.82. The van der Waals surface area contributed by atoms with E-state index in [1.54, 1.807) is 13.0 Å². The molecule has 0 unspecified atom stereocenters. The summed E-state index contributed by atoms with van der Waals surface area (Å²) in [4.78, 5) is 11.7. The van der Waals surface area contributed by atoms with Crippen LogP contribution in [-0.2, 0) is 4.74 Å². The third kappa shape index (κ3) is 3.72. The third-order valence-corrected chi connectivity index (χ3v) is 4.57. The van der Waals surface area contributed by atoms with Crippen LogP contribution in [0.25, 0.3) is 0 Å². The third-order valence-electron chi connectivity index (χ3n) is 4.33. The highest BCUT2D eigenvalue weighted by molar-refractivity contribution is 6.30. The van der Waals surface area contributed by atoms with Crippen molar-refractivity contribution in [2.75, 3.05) is 19.8 Å². The van der Waals surface area contributed by atoms with Gasteiger partial charge in [-0.15, -0.1) is 0 Å². The van der Waals surface area contributed by atoms with Crippen LogP contribution in [0.5, 0.6) is 11.5 Å². The van der Waals surface area contributed by atoms with E-state index in [1.165, 1.54) is 0 Å². The zero-order valence-corrected chi connectivity index (χ0v) is 14.6. The second-order valence-corrected chi connectivity index (χ2v) is 6.26. The van der Waals surface area contributed by atoms with Crippen molar-refractivity contribution in [2.24, 2.45) is 0 Å². The molecule has 1 amide bonds. The Bertz CT molecular complexity index is 765. The fourth-order valence-corrected chi connectivity index (χ4v) is 3.37. The Morgan fingerprint density at radius 1 is 1.20 bits per heavy atom. The quantitative estimate of drug-likeness (QED) is 0.862. The zero-order valence-electron chi connectivity index (χ0n) is 13.9. The van der Waals surface area contributed by atoms with E-state index in [4.69, 9.17) is 21.1 Å². The highest BCUT2D eigenvalue weighted by Gasteiger charge is 2.32. The van der Waals surface area contributed by atoms with E-state index in [1.807, 2.05) is 36.4 Å². The first-order valence-corrected chi connectivity index (χ1v) is 8.59. The number of amides is 1. The van der Waals surface area contributed by atoms with Crippen LogP contribution in [0, 0.1) is 0 Å². The summed E-state index contributed by atoms with van der Waals surface area (Å²) in [7, 11) is 0. The van der Waals surface area contributed by atoms with E-state index >= 15 is 0 Å². The van der Waals surface area contributed by atoms with Gasteiger partial charge in [-0.25, -0.2) is 4.79 Å². The Morgan fingerprint density at radius 2 is 1.96 bits per heavy atom. The first-order chi connectivity index (χ1) is 12.1. The first-order valence-electron chi connectivity index (χ1n) is 8.21. The molecule has 25 heavy (non-hydrogen) atoms. The molecule has 0 saturated heterocycles. The van der Waals surface area contributed by atoms with Gasteiger partial charge in [0.1, 0.15) is 11.5 Å². The SMILES string of the molecule is CCOC(=O)NC[C@@H]1c2cc(Cl)ccc2Oc2ccccc2[C@H]1CO. The smallest absolute Gasteiger partial charge is 0.407 e. The molecule has 2 N–H and O–H groups in total. The van der Waals surface area contributed by atoms with Gasteiger partial charge in [0.05, 0.1) is 13.2 Å². The highest BCUT2D eigenvalue weighted by Crippen LogP contribution is 2.46. The van der Waals surface area contributed by atoms with Crippen LogP contribution < -0.4 is 10.1 Å². The molecule has 2 atom stereocenters. The van der Waals surface area contributed by atoms with Crippen LogP contribution >= 0.6 is 11.6 Å². The lowest BCUT2D eigenvalue weighted by molar-refractivity contribution is 0.150. The molecule has 0 bridgehead atoms. The summed E-state index contributed by atoms with van der Waals surface area (Å²) in [5.41, 5.74) is 1.74. The topological polar surface area (TPSA) is 67.8 Å². The average molecular weight is 362 g/mol. The molecule has 2 aromatic rings. The minimum atomic E-state index is -0.485.